The van der Waals surface area contributed by atoms with Crippen LogP contribution in [0.15, 0.2) is 18.2 Å². The van der Waals surface area contributed by atoms with Crippen molar-refractivity contribution in [3.05, 3.63) is 23.8 Å². The summed E-state index contributed by atoms with van der Waals surface area (Å²) in [6.07, 6.45) is 0.600. The average molecular weight is 419 g/mol. The average Bonchev–Trinajstić information content (AvgIpc) is 2.83. The third-order valence-corrected chi connectivity index (χ3v) is 5.78. The first kappa shape index (κ1) is 24.5. The van der Waals surface area contributed by atoms with Crippen LogP contribution >= 0.6 is 0 Å². The van der Waals surface area contributed by atoms with Gasteiger partial charge < -0.3 is 24.1 Å². The van der Waals surface area contributed by atoms with Gasteiger partial charge in [0.05, 0.1) is 17.8 Å². The second-order valence-electron chi connectivity index (χ2n) is 10.3. The van der Waals surface area contributed by atoms with Crippen LogP contribution in [0.2, 0.25) is 0 Å². The van der Waals surface area contributed by atoms with Crippen LogP contribution in [0, 0.1) is 5.41 Å². The number of carboxylic acid groups (broad SMARTS) is 1. The van der Waals surface area contributed by atoms with Crippen molar-refractivity contribution in [3.63, 3.8) is 0 Å². The van der Waals surface area contributed by atoms with Gasteiger partial charge in [0.15, 0.2) is 0 Å². The number of carbonyl (C=O) groups is 1. The summed E-state index contributed by atoms with van der Waals surface area (Å²) in [5.74, 6) is 0.782. The first-order chi connectivity index (χ1) is 13.8. The molecule has 1 heterocycles. The van der Waals surface area contributed by atoms with E-state index in [2.05, 4.69) is 34.6 Å². The maximum atomic E-state index is 11.4. The van der Waals surface area contributed by atoms with Gasteiger partial charge in [0, 0.05) is 13.1 Å². The topological polar surface area (TPSA) is 68.2 Å². The van der Waals surface area contributed by atoms with Crippen molar-refractivity contribution in [3.8, 4) is 5.75 Å². The Morgan fingerprint density at radius 1 is 1.17 bits per heavy atom. The van der Waals surface area contributed by atoms with E-state index in [-0.39, 0.29) is 23.7 Å². The van der Waals surface area contributed by atoms with Crippen LogP contribution < -0.4 is 10.2 Å². The van der Waals surface area contributed by atoms with Gasteiger partial charge in [0.2, 0.25) is 0 Å². The smallest absolute Gasteiger partial charge is 0.494 e. The molecule has 0 aromatic heterocycles. The van der Waals surface area contributed by atoms with Gasteiger partial charge in [0.25, 0.3) is 0 Å². The molecular formula is C23H38BNO5. The molecule has 1 amide bonds. The Kier molecular flexibility index (Phi) is 7.52. The number of benzene rings is 1. The Morgan fingerprint density at radius 3 is 2.27 bits per heavy atom. The third kappa shape index (κ3) is 6.14. The molecule has 0 radical (unpaired) electrons. The van der Waals surface area contributed by atoms with Crippen LogP contribution in [0.5, 0.6) is 5.75 Å². The molecule has 1 saturated heterocycles. The second kappa shape index (κ2) is 9.19. The van der Waals surface area contributed by atoms with E-state index < -0.39 is 6.09 Å². The van der Waals surface area contributed by atoms with Crippen molar-refractivity contribution >= 4 is 18.7 Å². The molecule has 1 aliphatic rings. The van der Waals surface area contributed by atoms with E-state index in [1.54, 1.807) is 0 Å². The summed E-state index contributed by atoms with van der Waals surface area (Å²) in [7, 11) is -0.388. The number of hydrogen-bond donors (Lipinski definition) is 1. The normalized spacial score (nSPS) is 17.8. The van der Waals surface area contributed by atoms with Gasteiger partial charge in [-0.05, 0) is 69.1 Å². The number of amides is 1. The van der Waals surface area contributed by atoms with Gasteiger partial charge in [-0.2, -0.15) is 0 Å². The van der Waals surface area contributed by atoms with Crippen LogP contribution in [-0.2, 0) is 15.7 Å². The predicted molar refractivity (Wildman–Crippen MR) is 121 cm³/mol. The zero-order chi connectivity index (χ0) is 22.7. The highest BCUT2D eigenvalue weighted by atomic mass is 16.7. The van der Waals surface area contributed by atoms with Gasteiger partial charge in [0.1, 0.15) is 5.75 Å². The summed E-state index contributed by atoms with van der Waals surface area (Å²) in [6, 6.07) is 5.98. The summed E-state index contributed by atoms with van der Waals surface area (Å²) in [6.45, 7) is 17.8. The highest BCUT2D eigenvalue weighted by molar-refractivity contribution is 6.62. The molecule has 1 aromatic rings. The predicted octanol–water partition coefficient (Wildman–Crippen LogP) is 4.34. The van der Waals surface area contributed by atoms with E-state index in [9.17, 15) is 9.90 Å². The van der Waals surface area contributed by atoms with Gasteiger partial charge in [-0.25, -0.2) is 4.79 Å². The molecule has 168 valence electrons. The van der Waals surface area contributed by atoms with Gasteiger partial charge >= 0.3 is 13.2 Å². The van der Waals surface area contributed by atoms with Gasteiger partial charge in [-0.3, -0.25) is 0 Å². The Morgan fingerprint density at radius 2 is 1.77 bits per heavy atom. The number of hydrogen-bond acceptors (Lipinski definition) is 4. The van der Waals surface area contributed by atoms with Crippen molar-refractivity contribution in [2.24, 2.45) is 5.41 Å². The lowest BCUT2D eigenvalue weighted by atomic mass is 9.75. The Hall–Kier alpha value is -1.73. The first-order valence-electron chi connectivity index (χ1n) is 10.8. The van der Waals surface area contributed by atoms with E-state index in [1.165, 1.54) is 4.90 Å². The molecule has 1 fully saturated rings. The Balaban J connectivity index is 1.97. The molecule has 2 rings (SSSR count). The second-order valence-corrected chi connectivity index (χ2v) is 10.3. The molecule has 30 heavy (non-hydrogen) atoms. The molecule has 1 aromatic carbocycles. The number of nitrogens with zero attached hydrogens (tertiary/aromatic N) is 1. The Labute approximate surface area is 182 Å². The fraction of sp³-hybridized carbons (Fsp3) is 0.696. The van der Waals surface area contributed by atoms with E-state index in [1.807, 2.05) is 39.0 Å². The van der Waals surface area contributed by atoms with Crippen LogP contribution in [0.4, 0.5) is 4.79 Å². The molecule has 1 N–H and O–H groups in total. The quantitative estimate of drug-likeness (QED) is 0.502. The van der Waals surface area contributed by atoms with Gasteiger partial charge in [-0.1, -0.05) is 33.8 Å². The third-order valence-electron chi connectivity index (χ3n) is 5.78. The summed E-state index contributed by atoms with van der Waals surface area (Å²) in [4.78, 5) is 12.9. The van der Waals surface area contributed by atoms with Crippen LogP contribution in [0.1, 0.15) is 67.4 Å². The minimum absolute atomic E-state index is 0.0708. The maximum absolute atomic E-state index is 11.4. The largest absolute Gasteiger partial charge is 0.495 e. The fourth-order valence-corrected chi connectivity index (χ4v) is 3.44. The van der Waals surface area contributed by atoms with Crippen molar-refractivity contribution in [2.45, 2.75) is 79.4 Å². The maximum Gasteiger partial charge on any atom is 0.495 e. The Bertz CT molecular complexity index is 726. The molecule has 0 bridgehead atoms. The molecule has 1 aliphatic heterocycles. The molecule has 0 saturated carbocycles. The standard InChI is InChI=1S/C23H38BNO5/c1-9-17-15-18(28-14-10-13-25(20(26)27)16-21(2,3)4)11-12-19(17)24-29-22(5,6)23(7,8)30-24/h11-12,15H,9-10,13-14,16H2,1-8H3,(H,26,27). The number of aryl methyl sites for hydroxylation is 1. The highest BCUT2D eigenvalue weighted by Crippen LogP contribution is 2.36. The molecule has 6 nitrogen and oxygen atoms in total. The van der Waals surface area contributed by atoms with Crippen LogP contribution in [0.3, 0.4) is 0 Å². The fourth-order valence-electron chi connectivity index (χ4n) is 3.44. The lowest BCUT2D eigenvalue weighted by Gasteiger charge is -2.32. The molecule has 0 atom stereocenters. The number of ether oxygens (including phenoxy) is 1. The molecular weight excluding hydrogens is 381 g/mol. The zero-order valence-electron chi connectivity index (χ0n) is 19.9. The number of rotatable bonds is 8. The monoisotopic (exact) mass is 419 g/mol. The van der Waals surface area contributed by atoms with Gasteiger partial charge in [-0.15, -0.1) is 0 Å². The van der Waals surface area contributed by atoms with E-state index in [0.29, 0.717) is 26.1 Å². The molecule has 0 spiro atoms. The zero-order valence-corrected chi connectivity index (χ0v) is 19.9. The first-order valence-corrected chi connectivity index (χ1v) is 10.8. The minimum atomic E-state index is -0.884. The summed E-state index contributed by atoms with van der Waals surface area (Å²) in [5, 5.41) is 9.39. The lowest BCUT2D eigenvalue weighted by Crippen LogP contribution is -2.41. The minimum Gasteiger partial charge on any atom is -0.494 e. The lowest BCUT2D eigenvalue weighted by molar-refractivity contribution is 0.00578. The van der Waals surface area contributed by atoms with Crippen LogP contribution in [0.25, 0.3) is 0 Å². The van der Waals surface area contributed by atoms with Crippen molar-refractivity contribution in [1.82, 2.24) is 4.90 Å². The highest BCUT2D eigenvalue weighted by Gasteiger charge is 2.52. The summed E-state index contributed by atoms with van der Waals surface area (Å²) in [5.41, 5.74) is 1.34. The molecule has 7 heteroatoms. The van der Waals surface area contributed by atoms with Crippen molar-refractivity contribution < 1.29 is 23.9 Å². The summed E-state index contributed by atoms with van der Waals surface area (Å²) < 4.78 is 18.3. The SMILES string of the molecule is CCc1cc(OCCCN(CC(C)(C)C)C(=O)O)ccc1B1OC(C)(C)C(C)(C)O1. The van der Waals surface area contributed by atoms with E-state index >= 15 is 0 Å². The van der Waals surface area contributed by atoms with E-state index in [0.717, 1.165) is 23.2 Å². The van der Waals surface area contributed by atoms with E-state index in [4.69, 9.17) is 14.0 Å². The van der Waals surface area contributed by atoms with Crippen LogP contribution in [-0.4, -0.2) is 54.1 Å². The molecule has 0 unspecified atom stereocenters. The summed E-state index contributed by atoms with van der Waals surface area (Å²) >= 11 is 0. The van der Waals surface area contributed by atoms with Crippen molar-refractivity contribution in [1.29, 1.82) is 0 Å². The molecule has 0 aliphatic carbocycles. The van der Waals surface area contributed by atoms with Crippen molar-refractivity contribution in [2.75, 3.05) is 19.7 Å².